The first kappa shape index (κ1) is 18.3. The van der Waals surface area contributed by atoms with E-state index in [9.17, 15) is 14.9 Å². The molecular formula is C13H20ClN3O3. The summed E-state index contributed by atoms with van der Waals surface area (Å²) in [4.78, 5) is 21.8. The highest BCUT2D eigenvalue weighted by Crippen LogP contribution is 2.13. The molecule has 0 radical (unpaired) electrons. The first-order valence-electron chi connectivity index (χ1n) is 6.08. The van der Waals surface area contributed by atoms with Gasteiger partial charge in [0.15, 0.2) is 0 Å². The fraction of sp³-hybridized carbons (Fsp3) is 0.462. The average Bonchev–Trinajstić information content (AvgIpc) is 2.39. The van der Waals surface area contributed by atoms with Gasteiger partial charge in [0.05, 0.1) is 10.3 Å². The minimum Gasteiger partial charge on any atom is -0.355 e. The number of carbonyl (C=O) groups is 1. The van der Waals surface area contributed by atoms with Crippen LogP contribution in [-0.2, 0) is 11.2 Å². The number of nitro groups is 1. The van der Waals surface area contributed by atoms with Crippen LogP contribution in [0, 0.1) is 15.5 Å². The molecule has 0 aliphatic carbocycles. The number of nitrogens with zero attached hydrogens (tertiary/aromatic N) is 1. The summed E-state index contributed by atoms with van der Waals surface area (Å²) in [5.41, 5.74) is 5.94. The average molecular weight is 302 g/mol. The van der Waals surface area contributed by atoms with E-state index < -0.39 is 10.3 Å². The monoisotopic (exact) mass is 301 g/mol. The van der Waals surface area contributed by atoms with Gasteiger partial charge in [0, 0.05) is 25.2 Å². The number of nitro benzene ring substituents is 1. The molecule has 3 N–H and O–H groups in total. The molecule has 0 aliphatic heterocycles. The zero-order valence-electron chi connectivity index (χ0n) is 11.6. The normalized spacial score (nSPS) is 10.6. The Labute approximate surface area is 124 Å². The number of carbonyl (C=O) groups excluding carboxylic acids is 1. The molecule has 0 bridgehead atoms. The smallest absolute Gasteiger partial charge is 0.269 e. The number of halogens is 1. The van der Waals surface area contributed by atoms with Crippen molar-refractivity contribution >= 4 is 24.0 Å². The van der Waals surface area contributed by atoms with E-state index >= 15 is 0 Å². The molecule has 20 heavy (non-hydrogen) atoms. The van der Waals surface area contributed by atoms with Gasteiger partial charge in [-0.15, -0.1) is 12.4 Å². The van der Waals surface area contributed by atoms with E-state index in [-0.39, 0.29) is 30.5 Å². The fourth-order valence-electron chi connectivity index (χ4n) is 1.44. The SMILES string of the molecule is CC(C)(CN)C(=O)NCCc1ccc([N+](=O)[O-])cc1.Cl. The Morgan fingerprint density at radius 3 is 2.35 bits per heavy atom. The van der Waals surface area contributed by atoms with Gasteiger partial charge < -0.3 is 11.1 Å². The van der Waals surface area contributed by atoms with Crippen LogP contribution in [0.25, 0.3) is 0 Å². The molecule has 0 saturated carbocycles. The molecule has 0 unspecified atom stereocenters. The number of nitrogens with two attached hydrogens (primary N) is 1. The third kappa shape index (κ3) is 5.14. The van der Waals surface area contributed by atoms with Crippen LogP contribution >= 0.6 is 12.4 Å². The number of hydrogen-bond donors (Lipinski definition) is 2. The number of non-ortho nitro benzene ring substituents is 1. The van der Waals surface area contributed by atoms with Gasteiger partial charge in [0.1, 0.15) is 0 Å². The molecule has 0 spiro atoms. The lowest BCUT2D eigenvalue weighted by atomic mass is 9.92. The number of nitrogens with one attached hydrogen (secondary N) is 1. The Kier molecular flexibility index (Phi) is 7.17. The molecular weight excluding hydrogens is 282 g/mol. The van der Waals surface area contributed by atoms with Crippen LogP contribution in [0.5, 0.6) is 0 Å². The molecule has 6 nitrogen and oxygen atoms in total. The minimum atomic E-state index is -0.574. The Balaban J connectivity index is 0.00000361. The van der Waals surface area contributed by atoms with Crippen molar-refractivity contribution in [2.45, 2.75) is 20.3 Å². The van der Waals surface area contributed by atoms with Crippen LogP contribution < -0.4 is 11.1 Å². The second-order valence-corrected chi connectivity index (χ2v) is 5.02. The highest BCUT2D eigenvalue weighted by Gasteiger charge is 2.24. The molecule has 1 rings (SSSR count). The van der Waals surface area contributed by atoms with Gasteiger partial charge in [-0.3, -0.25) is 14.9 Å². The van der Waals surface area contributed by atoms with Gasteiger partial charge in [-0.2, -0.15) is 0 Å². The first-order chi connectivity index (χ1) is 8.86. The summed E-state index contributed by atoms with van der Waals surface area (Å²) in [5, 5.41) is 13.3. The number of amides is 1. The summed E-state index contributed by atoms with van der Waals surface area (Å²) in [5.74, 6) is -0.0862. The number of rotatable bonds is 6. The maximum Gasteiger partial charge on any atom is 0.269 e. The van der Waals surface area contributed by atoms with E-state index in [4.69, 9.17) is 5.73 Å². The summed E-state index contributed by atoms with van der Waals surface area (Å²) in [6, 6.07) is 6.30. The molecule has 1 aromatic carbocycles. The fourth-order valence-corrected chi connectivity index (χ4v) is 1.44. The van der Waals surface area contributed by atoms with Crippen molar-refractivity contribution in [3.63, 3.8) is 0 Å². The summed E-state index contributed by atoms with van der Waals surface area (Å²) in [6.07, 6.45) is 0.629. The van der Waals surface area contributed by atoms with Crippen molar-refractivity contribution in [2.75, 3.05) is 13.1 Å². The van der Waals surface area contributed by atoms with E-state index in [1.807, 2.05) is 0 Å². The summed E-state index contributed by atoms with van der Waals surface area (Å²) >= 11 is 0. The van der Waals surface area contributed by atoms with E-state index in [1.54, 1.807) is 26.0 Å². The van der Waals surface area contributed by atoms with E-state index in [0.717, 1.165) is 5.56 Å². The van der Waals surface area contributed by atoms with Crippen molar-refractivity contribution in [1.82, 2.24) is 5.32 Å². The van der Waals surface area contributed by atoms with E-state index in [2.05, 4.69) is 5.32 Å². The molecule has 1 aromatic rings. The lowest BCUT2D eigenvalue weighted by molar-refractivity contribution is -0.384. The maximum atomic E-state index is 11.7. The Morgan fingerprint density at radius 1 is 1.35 bits per heavy atom. The van der Waals surface area contributed by atoms with Crippen molar-refractivity contribution < 1.29 is 9.72 Å². The number of benzene rings is 1. The third-order valence-electron chi connectivity index (χ3n) is 2.97. The Hall–Kier alpha value is -1.66. The van der Waals surface area contributed by atoms with Crippen molar-refractivity contribution in [1.29, 1.82) is 0 Å². The quantitative estimate of drug-likeness (QED) is 0.616. The Morgan fingerprint density at radius 2 is 1.90 bits per heavy atom. The van der Waals surface area contributed by atoms with Crippen LogP contribution in [0.1, 0.15) is 19.4 Å². The molecule has 0 aliphatic rings. The lowest BCUT2D eigenvalue weighted by Crippen LogP contribution is -2.42. The van der Waals surface area contributed by atoms with Crippen LogP contribution in [0.15, 0.2) is 24.3 Å². The summed E-state index contributed by atoms with van der Waals surface area (Å²) in [6.45, 7) is 4.35. The molecule has 1 amide bonds. The van der Waals surface area contributed by atoms with Crippen LogP contribution in [0.2, 0.25) is 0 Å². The topological polar surface area (TPSA) is 98.3 Å². The van der Waals surface area contributed by atoms with Crippen molar-refractivity contribution in [3.05, 3.63) is 39.9 Å². The van der Waals surface area contributed by atoms with Crippen molar-refractivity contribution in [2.24, 2.45) is 11.1 Å². The molecule has 0 fully saturated rings. The molecule has 0 aromatic heterocycles. The largest absolute Gasteiger partial charge is 0.355 e. The van der Waals surface area contributed by atoms with E-state index in [1.165, 1.54) is 12.1 Å². The zero-order valence-corrected chi connectivity index (χ0v) is 12.4. The van der Waals surface area contributed by atoms with Gasteiger partial charge in [0.2, 0.25) is 5.91 Å². The highest BCUT2D eigenvalue weighted by atomic mass is 35.5. The molecule has 112 valence electrons. The molecule has 0 saturated heterocycles. The summed E-state index contributed by atoms with van der Waals surface area (Å²) in [7, 11) is 0. The third-order valence-corrected chi connectivity index (χ3v) is 2.97. The standard InChI is InChI=1S/C13H19N3O3.ClH/c1-13(2,9-14)12(17)15-8-7-10-3-5-11(6-4-10)16(18)19;/h3-6H,7-9,14H2,1-2H3,(H,15,17);1H. The zero-order chi connectivity index (χ0) is 14.5. The Bertz CT molecular complexity index is 460. The number of hydrogen-bond acceptors (Lipinski definition) is 4. The van der Waals surface area contributed by atoms with Gasteiger partial charge in [-0.1, -0.05) is 12.1 Å². The van der Waals surface area contributed by atoms with Gasteiger partial charge in [-0.25, -0.2) is 0 Å². The predicted molar refractivity (Wildman–Crippen MR) is 79.9 cm³/mol. The molecule has 0 atom stereocenters. The second-order valence-electron chi connectivity index (χ2n) is 5.02. The van der Waals surface area contributed by atoms with Crippen LogP contribution in [0.3, 0.4) is 0 Å². The lowest BCUT2D eigenvalue weighted by Gasteiger charge is -2.21. The van der Waals surface area contributed by atoms with Gasteiger partial charge in [-0.05, 0) is 25.8 Å². The van der Waals surface area contributed by atoms with Crippen molar-refractivity contribution in [3.8, 4) is 0 Å². The van der Waals surface area contributed by atoms with Crippen LogP contribution in [-0.4, -0.2) is 23.9 Å². The maximum absolute atomic E-state index is 11.7. The van der Waals surface area contributed by atoms with E-state index in [0.29, 0.717) is 13.0 Å². The molecule has 7 heteroatoms. The predicted octanol–water partition coefficient (Wildman–Crippen LogP) is 1.66. The minimum absolute atomic E-state index is 0. The highest BCUT2D eigenvalue weighted by molar-refractivity contribution is 5.85. The second kappa shape index (κ2) is 7.81. The van der Waals surface area contributed by atoms with Gasteiger partial charge >= 0.3 is 0 Å². The first-order valence-corrected chi connectivity index (χ1v) is 6.08. The van der Waals surface area contributed by atoms with Crippen LogP contribution in [0.4, 0.5) is 5.69 Å². The van der Waals surface area contributed by atoms with Gasteiger partial charge in [0.25, 0.3) is 5.69 Å². The molecule has 0 heterocycles. The summed E-state index contributed by atoms with van der Waals surface area (Å²) < 4.78 is 0.